The van der Waals surface area contributed by atoms with Crippen LogP contribution < -0.4 is 5.32 Å². The molecule has 2 nitrogen and oxygen atoms in total. The molecule has 0 aromatic rings. The van der Waals surface area contributed by atoms with Crippen molar-refractivity contribution in [3.8, 4) is 0 Å². The molecule has 0 aromatic carbocycles. The minimum Gasteiger partial charge on any atom is -0.310 e. The van der Waals surface area contributed by atoms with Crippen LogP contribution in [0.1, 0.15) is 45.4 Å². The monoisotopic (exact) mass is 222 g/mol. The number of hydrogen-bond acceptors (Lipinski definition) is 2. The Morgan fingerprint density at radius 3 is 2.81 bits per heavy atom. The molecular weight excluding hydrogens is 196 g/mol. The maximum Gasteiger partial charge on any atom is 0.0308 e. The van der Waals surface area contributed by atoms with Crippen molar-refractivity contribution >= 4 is 0 Å². The van der Waals surface area contributed by atoms with Gasteiger partial charge in [-0.3, -0.25) is 0 Å². The molecule has 2 rings (SSSR count). The van der Waals surface area contributed by atoms with Gasteiger partial charge < -0.3 is 10.2 Å². The molecule has 2 aliphatic rings. The van der Waals surface area contributed by atoms with E-state index in [0.29, 0.717) is 5.54 Å². The molecule has 0 unspecified atom stereocenters. The second kappa shape index (κ2) is 5.83. The molecule has 1 aliphatic heterocycles. The Bertz CT molecular complexity index is 229. The summed E-state index contributed by atoms with van der Waals surface area (Å²) in [4.78, 5) is 2.67. The molecule has 0 aromatic heterocycles. The van der Waals surface area contributed by atoms with Crippen molar-refractivity contribution in [1.29, 1.82) is 0 Å². The van der Waals surface area contributed by atoms with Crippen LogP contribution in [0, 0.1) is 0 Å². The summed E-state index contributed by atoms with van der Waals surface area (Å²) in [5.41, 5.74) is 0.479. The Morgan fingerprint density at radius 1 is 1.25 bits per heavy atom. The zero-order chi connectivity index (χ0) is 11.3. The van der Waals surface area contributed by atoms with Crippen LogP contribution in [0.15, 0.2) is 12.2 Å². The average Bonchev–Trinajstić information content (AvgIpc) is 2.63. The molecule has 1 heterocycles. The maximum absolute atomic E-state index is 3.82. The lowest BCUT2D eigenvalue weighted by atomic mass is 9.97. The lowest BCUT2D eigenvalue weighted by Crippen LogP contribution is -2.49. The molecular formula is C14H26N2. The van der Waals surface area contributed by atoms with Crippen molar-refractivity contribution in [3.63, 3.8) is 0 Å². The van der Waals surface area contributed by atoms with E-state index in [0.717, 1.165) is 0 Å². The van der Waals surface area contributed by atoms with Gasteiger partial charge in [-0.2, -0.15) is 0 Å². The molecule has 1 saturated carbocycles. The highest BCUT2D eigenvalue weighted by atomic mass is 15.2. The molecule has 1 spiro atoms. The Balaban J connectivity index is 1.87. The predicted molar refractivity (Wildman–Crippen MR) is 69.7 cm³/mol. The summed E-state index contributed by atoms with van der Waals surface area (Å²) in [6.45, 7) is 7.15. The van der Waals surface area contributed by atoms with E-state index in [9.17, 15) is 0 Å². The summed E-state index contributed by atoms with van der Waals surface area (Å²) in [5.74, 6) is 0. The fraction of sp³-hybridized carbons (Fsp3) is 0.857. The van der Waals surface area contributed by atoms with Gasteiger partial charge in [-0.15, -0.1) is 0 Å². The summed E-state index contributed by atoms with van der Waals surface area (Å²) >= 11 is 0. The number of allylic oxidation sites excluding steroid dienone is 1. The van der Waals surface area contributed by atoms with Crippen LogP contribution in [0.3, 0.4) is 0 Å². The summed E-state index contributed by atoms with van der Waals surface area (Å²) in [6, 6.07) is 0. The van der Waals surface area contributed by atoms with Gasteiger partial charge in [0.15, 0.2) is 0 Å². The normalized spacial score (nSPS) is 26.6. The second-order valence-corrected chi connectivity index (χ2v) is 5.40. The van der Waals surface area contributed by atoms with Crippen LogP contribution >= 0.6 is 0 Å². The Kier molecular flexibility index (Phi) is 4.42. The average molecular weight is 222 g/mol. The highest BCUT2D eigenvalue weighted by Crippen LogP contribution is 2.31. The van der Waals surface area contributed by atoms with E-state index in [1.54, 1.807) is 0 Å². The molecule has 2 fully saturated rings. The molecule has 2 heteroatoms. The van der Waals surface area contributed by atoms with Gasteiger partial charge >= 0.3 is 0 Å². The van der Waals surface area contributed by atoms with Crippen molar-refractivity contribution in [1.82, 2.24) is 10.2 Å². The van der Waals surface area contributed by atoms with E-state index in [1.807, 2.05) is 0 Å². The Hall–Kier alpha value is -0.340. The van der Waals surface area contributed by atoms with Crippen molar-refractivity contribution < 1.29 is 0 Å². The number of hydrogen-bond donors (Lipinski definition) is 1. The van der Waals surface area contributed by atoms with E-state index in [4.69, 9.17) is 0 Å². The highest BCUT2D eigenvalue weighted by Gasteiger charge is 2.35. The molecule has 0 amide bonds. The smallest absolute Gasteiger partial charge is 0.0308 e. The largest absolute Gasteiger partial charge is 0.310 e. The van der Waals surface area contributed by atoms with Gasteiger partial charge in [-0.25, -0.2) is 0 Å². The van der Waals surface area contributed by atoms with Crippen LogP contribution in [0.4, 0.5) is 0 Å². The van der Waals surface area contributed by atoms with E-state index in [-0.39, 0.29) is 0 Å². The third-order valence-corrected chi connectivity index (χ3v) is 4.09. The SMILES string of the molecule is C/C=C/CCN1CCCNC2(CCCC2)C1. The van der Waals surface area contributed by atoms with Crippen LogP contribution in [-0.4, -0.2) is 36.6 Å². The Morgan fingerprint density at radius 2 is 2.06 bits per heavy atom. The second-order valence-electron chi connectivity index (χ2n) is 5.40. The fourth-order valence-corrected chi connectivity index (χ4v) is 3.22. The highest BCUT2D eigenvalue weighted by molar-refractivity contribution is 4.97. The maximum atomic E-state index is 3.82. The molecule has 0 atom stereocenters. The molecule has 92 valence electrons. The molecule has 1 aliphatic carbocycles. The van der Waals surface area contributed by atoms with E-state index < -0.39 is 0 Å². The van der Waals surface area contributed by atoms with Crippen molar-refractivity contribution in [3.05, 3.63) is 12.2 Å². The van der Waals surface area contributed by atoms with E-state index in [2.05, 4.69) is 29.3 Å². The minimum absolute atomic E-state index is 0.479. The quantitative estimate of drug-likeness (QED) is 0.738. The van der Waals surface area contributed by atoms with Gasteiger partial charge in [0, 0.05) is 18.6 Å². The van der Waals surface area contributed by atoms with E-state index in [1.165, 1.54) is 64.7 Å². The van der Waals surface area contributed by atoms with Gasteiger partial charge in [0.1, 0.15) is 0 Å². The number of nitrogens with zero attached hydrogens (tertiary/aromatic N) is 1. The Labute approximate surface area is 100 Å². The van der Waals surface area contributed by atoms with E-state index >= 15 is 0 Å². The standard InChI is InChI=1S/C14H26N2/c1-2-3-6-11-16-12-7-10-15-14(13-16)8-4-5-9-14/h2-3,15H,4-13H2,1H3/b3-2+. The van der Waals surface area contributed by atoms with Crippen molar-refractivity contribution in [2.45, 2.75) is 51.0 Å². The van der Waals surface area contributed by atoms with Gasteiger partial charge in [0.2, 0.25) is 0 Å². The van der Waals surface area contributed by atoms with Crippen LogP contribution in [0.5, 0.6) is 0 Å². The first-order chi connectivity index (χ1) is 7.85. The lowest BCUT2D eigenvalue weighted by molar-refractivity contribution is 0.213. The minimum atomic E-state index is 0.479. The van der Waals surface area contributed by atoms with Crippen LogP contribution in [0.2, 0.25) is 0 Å². The van der Waals surface area contributed by atoms with Crippen LogP contribution in [-0.2, 0) is 0 Å². The van der Waals surface area contributed by atoms with Gasteiger partial charge in [-0.1, -0.05) is 25.0 Å². The summed E-state index contributed by atoms with van der Waals surface area (Å²) < 4.78 is 0. The van der Waals surface area contributed by atoms with Gasteiger partial charge in [0.05, 0.1) is 0 Å². The van der Waals surface area contributed by atoms with Gasteiger partial charge in [-0.05, 0) is 45.7 Å². The number of nitrogens with one attached hydrogen (secondary N) is 1. The molecule has 0 radical (unpaired) electrons. The first-order valence-corrected chi connectivity index (χ1v) is 6.93. The molecule has 1 saturated heterocycles. The fourth-order valence-electron chi connectivity index (χ4n) is 3.22. The molecule has 16 heavy (non-hydrogen) atoms. The predicted octanol–water partition coefficient (Wildman–Crippen LogP) is 2.56. The van der Waals surface area contributed by atoms with Crippen molar-refractivity contribution in [2.75, 3.05) is 26.2 Å². The number of rotatable bonds is 3. The molecule has 1 N–H and O–H groups in total. The third-order valence-electron chi connectivity index (χ3n) is 4.09. The first kappa shape index (κ1) is 12.1. The third kappa shape index (κ3) is 3.08. The zero-order valence-electron chi connectivity index (χ0n) is 10.7. The van der Waals surface area contributed by atoms with Crippen LogP contribution in [0.25, 0.3) is 0 Å². The summed E-state index contributed by atoms with van der Waals surface area (Å²) in [6.07, 6.45) is 12.6. The first-order valence-electron chi connectivity index (χ1n) is 6.93. The summed E-state index contributed by atoms with van der Waals surface area (Å²) in [7, 11) is 0. The zero-order valence-corrected chi connectivity index (χ0v) is 10.7. The lowest BCUT2D eigenvalue weighted by Gasteiger charge is -2.33. The summed E-state index contributed by atoms with van der Waals surface area (Å²) in [5, 5.41) is 3.82. The topological polar surface area (TPSA) is 15.3 Å². The van der Waals surface area contributed by atoms with Gasteiger partial charge in [0.25, 0.3) is 0 Å². The molecule has 0 bridgehead atoms. The van der Waals surface area contributed by atoms with Crippen molar-refractivity contribution in [2.24, 2.45) is 0 Å².